The summed E-state index contributed by atoms with van der Waals surface area (Å²) in [5.74, 6) is 0.692. The lowest BCUT2D eigenvalue weighted by Gasteiger charge is -2.39. The molecule has 0 spiro atoms. The molecular weight excluding hydrogens is 286 g/mol. The Morgan fingerprint density at radius 1 is 1.48 bits per heavy atom. The maximum Gasteiger partial charge on any atom is 0.236 e. The van der Waals surface area contributed by atoms with E-state index in [1.165, 1.54) is 11.8 Å². The van der Waals surface area contributed by atoms with E-state index in [0.29, 0.717) is 5.16 Å². The van der Waals surface area contributed by atoms with Crippen molar-refractivity contribution in [2.24, 2.45) is 0 Å². The Labute approximate surface area is 129 Å². The van der Waals surface area contributed by atoms with Crippen molar-refractivity contribution < 1.29 is 4.79 Å². The van der Waals surface area contributed by atoms with Crippen molar-refractivity contribution in [1.82, 2.24) is 20.1 Å². The number of rotatable bonds is 4. The van der Waals surface area contributed by atoms with Gasteiger partial charge in [-0.1, -0.05) is 31.0 Å². The first kappa shape index (κ1) is 15.8. The van der Waals surface area contributed by atoms with Crippen LogP contribution in [-0.4, -0.2) is 43.8 Å². The summed E-state index contributed by atoms with van der Waals surface area (Å²) in [5, 5.41) is 16.6. The van der Waals surface area contributed by atoms with Gasteiger partial charge in [0.25, 0.3) is 0 Å². The van der Waals surface area contributed by atoms with Crippen molar-refractivity contribution in [3.63, 3.8) is 0 Å². The van der Waals surface area contributed by atoms with Crippen LogP contribution in [-0.2, 0) is 4.79 Å². The van der Waals surface area contributed by atoms with Crippen LogP contribution in [0.4, 0.5) is 0 Å². The minimum absolute atomic E-state index is 0.0362. The second-order valence-corrected chi connectivity index (χ2v) is 6.87. The largest absolute Gasteiger partial charge is 0.326 e. The van der Waals surface area contributed by atoms with Gasteiger partial charge in [0.2, 0.25) is 11.1 Å². The van der Waals surface area contributed by atoms with Gasteiger partial charge in [-0.3, -0.25) is 9.89 Å². The third kappa shape index (κ3) is 3.38. The maximum atomic E-state index is 12.6. The first-order valence-corrected chi connectivity index (χ1v) is 8.11. The Kier molecular flexibility index (Phi) is 4.88. The highest BCUT2D eigenvalue weighted by atomic mass is 32.2. The number of H-pyrrole nitrogens is 1. The normalized spacial score (nSPS) is 18.8. The Balaban J connectivity index is 2.05. The van der Waals surface area contributed by atoms with E-state index in [0.717, 1.165) is 37.9 Å². The topological polar surface area (TPSA) is 85.7 Å². The van der Waals surface area contributed by atoms with E-state index in [1.807, 2.05) is 13.8 Å². The fraction of sp³-hybridized carbons (Fsp3) is 0.714. The average Bonchev–Trinajstić information content (AvgIpc) is 2.91. The van der Waals surface area contributed by atoms with E-state index < -0.39 is 5.54 Å². The molecule has 1 N–H and O–H groups in total. The monoisotopic (exact) mass is 307 g/mol. The van der Waals surface area contributed by atoms with Gasteiger partial charge in [0.05, 0.1) is 11.3 Å². The molecule has 1 aliphatic rings. The zero-order chi connectivity index (χ0) is 15.5. The van der Waals surface area contributed by atoms with Crippen LogP contribution in [0, 0.1) is 18.3 Å². The summed E-state index contributed by atoms with van der Waals surface area (Å²) in [7, 11) is 1.75. The first-order chi connectivity index (χ1) is 9.98. The second kappa shape index (κ2) is 6.48. The lowest BCUT2D eigenvalue weighted by molar-refractivity contribution is -0.133. The predicted octanol–water partition coefficient (Wildman–Crippen LogP) is 2.28. The molecule has 0 radical (unpaired) electrons. The van der Waals surface area contributed by atoms with Crippen LogP contribution in [0.15, 0.2) is 5.16 Å². The smallest absolute Gasteiger partial charge is 0.236 e. The molecule has 0 saturated heterocycles. The molecule has 1 fully saturated rings. The molecule has 2 rings (SSSR count). The van der Waals surface area contributed by atoms with E-state index in [2.05, 4.69) is 21.3 Å². The summed E-state index contributed by atoms with van der Waals surface area (Å²) >= 11 is 1.32. The van der Waals surface area contributed by atoms with Crippen molar-refractivity contribution >= 4 is 17.7 Å². The highest BCUT2D eigenvalue weighted by Gasteiger charge is 2.40. The van der Waals surface area contributed by atoms with Crippen LogP contribution < -0.4 is 0 Å². The number of amides is 1. The van der Waals surface area contributed by atoms with Crippen LogP contribution in [0.3, 0.4) is 0 Å². The van der Waals surface area contributed by atoms with Crippen LogP contribution in [0.25, 0.3) is 0 Å². The van der Waals surface area contributed by atoms with Gasteiger partial charge in [0.1, 0.15) is 11.4 Å². The van der Waals surface area contributed by atoms with E-state index in [4.69, 9.17) is 0 Å². The molecule has 1 aliphatic carbocycles. The summed E-state index contributed by atoms with van der Waals surface area (Å²) in [4.78, 5) is 18.5. The van der Waals surface area contributed by atoms with Crippen molar-refractivity contribution in [2.45, 2.75) is 61.9 Å². The summed E-state index contributed by atoms with van der Waals surface area (Å²) < 4.78 is 0. The molecule has 0 aliphatic heterocycles. The Hall–Kier alpha value is -1.55. The number of hydrogen-bond donors (Lipinski definition) is 1. The number of hydrogen-bond acceptors (Lipinski definition) is 5. The molecule has 0 unspecified atom stereocenters. The SMILES string of the molecule is Cc1nc(S[C@@H](C)C(=O)N(C)C2(C#N)CCCCC2)n[nH]1. The molecule has 1 saturated carbocycles. The molecule has 114 valence electrons. The van der Waals surface area contributed by atoms with E-state index >= 15 is 0 Å². The highest BCUT2D eigenvalue weighted by Crippen LogP contribution is 2.34. The first-order valence-electron chi connectivity index (χ1n) is 7.23. The van der Waals surface area contributed by atoms with Gasteiger partial charge < -0.3 is 4.90 Å². The van der Waals surface area contributed by atoms with Gasteiger partial charge in [-0.15, -0.1) is 5.10 Å². The standard InChI is InChI=1S/C14H21N5OS/c1-10(21-13-16-11(2)17-18-13)12(20)19(3)14(9-15)7-5-4-6-8-14/h10H,4-8H2,1-3H3,(H,16,17,18)/t10-/m0/s1. The van der Waals surface area contributed by atoms with Gasteiger partial charge in [-0.25, -0.2) is 4.98 Å². The second-order valence-electron chi connectivity index (χ2n) is 5.56. The molecular formula is C14H21N5OS. The van der Waals surface area contributed by atoms with Gasteiger partial charge >= 0.3 is 0 Å². The Bertz CT molecular complexity index is 544. The quantitative estimate of drug-likeness (QED) is 0.862. The van der Waals surface area contributed by atoms with Crippen molar-refractivity contribution in [2.75, 3.05) is 7.05 Å². The van der Waals surface area contributed by atoms with Crippen LogP contribution in [0.5, 0.6) is 0 Å². The minimum Gasteiger partial charge on any atom is -0.326 e. The molecule has 1 aromatic heterocycles. The van der Waals surface area contributed by atoms with Crippen molar-refractivity contribution in [3.05, 3.63) is 5.82 Å². The molecule has 1 atom stereocenters. The third-order valence-electron chi connectivity index (χ3n) is 4.07. The lowest BCUT2D eigenvalue weighted by Crippen LogP contribution is -2.52. The number of thioether (sulfide) groups is 1. The van der Waals surface area contributed by atoms with E-state index in [-0.39, 0.29) is 11.2 Å². The average molecular weight is 307 g/mol. The van der Waals surface area contributed by atoms with E-state index in [9.17, 15) is 10.1 Å². The third-order valence-corrected chi connectivity index (χ3v) is 5.02. The van der Waals surface area contributed by atoms with Gasteiger partial charge in [-0.05, 0) is 26.7 Å². The maximum absolute atomic E-state index is 12.6. The number of nitrogens with one attached hydrogen (secondary N) is 1. The molecule has 21 heavy (non-hydrogen) atoms. The highest BCUT2D eigenvalue weighted by molar-refractivity contribution is 8.00. The van der Waals surface area contributed by atoms with Gasteiger partial charge in [0, 0.05) is 7.05 Å². The van der Waals surface area contributed by atoms with Crippen LogP contribution >= 0.6 is 11.8 Å². The number of aryl methyl sites for hydroxylation is 1. The molecule has 1 amide bonds. The number of carbonyl (C=O) groups is 1. The summed E-state index contributed by atoms with van der Waals surface area (Å²) in [6.45, 7) is 3.66. The zero-order valence-corrected chi connectivity index (χ0v) is 13.5. The number of nitriles is 1. The van der Waals surface area contributed by atoms with E-state index in [1.54, 1.807) is 11.9 Å². The zero-order valence-electron chi connectivity index (χ0n) is 12.7. The number of aromatic amines is 1. The van der Waals surface area contributed by atoms with Crippen LogP contribution in [0.1, 0.15) is 44.9 Å². The van der Waals surface area contributed by atoms with Crippen molar-refractivity contribution in [1.29, 1.82) is 5.26 Å². The number of aromatic nitrogens is 3. The fourth-order valence-corrected chi connectivity index (χ4v) is 3.59. The minimum atomic E-state index is -0.640. The van der Waals surface area contributed by atoms with Gasteiger partial charge in [0.15, 0.2) is 0 Å². The molecule has 1 aromatic rings. The Morgan fingerprint density at radius 2 is 2.14 bits per heavy atom. The molecule has 0 bridgehead atoms. The lowest BCUT2D eigenvalue weighted by atomic mass is 9.81. The Morgan fingerprint density at radius 3 is 2.67 bits per heavy atom. The molecule has 6 nitrogen and oxygen atoms in total. The number of nitrogens with zero attached hydrogens (tertiary/aromatic N) is 4. The molecule has 1 heterocycles. The number of carbonyl (C=O) groups excluding carboxylic acids is 1. The molecule has 0 aromatic carbocycles. The van der Waals surface area contributed by atoms with Crippen LogP contribution in [0.2, 0.25) is 0 Å². The fourth-order valence-electron chi connectivity index (χ4n) is 2.73. The predicted molar refractivity (Wildman–Crippen MR) is 80.6 cm³/mol. The summed E-state index contributed by atoms with van der Waals surface area (Å²) in [6.07, 6.45) is 4.69. The summed E-state index contributed by atoms with van der Waals surface area (Å²) in [6, 6.07) is 2.38. The van der Waals surface area contributed by atoms with Crippen molar-refractivity contribution in [3.8, 4) is 6.07 Å². The van der Waals surface area contributed by atoms with Gasteiger partial charge in [-0.2, -0.15) is 5.26 Å². The molecule has 7 heteroatoms. The summed E-state index contributed by atoms with van der Waals surface area (Å²) in [5.41, 5.74) is -0.640.